The second kappa shape index (κ2) is 6.50. The van der Waals surface area contributed by atoms with Gasteiger partial charge in [-0.3, -0.25) is 4.57 Å². The molecule has 0 aromatic carbocycles. The summed E-state index contributed by atoms with van der Waals surface area (Å²) in [6.07, 6.45) is 0. The monoisotopic (exact) mass is 236 g/mol. The molecule has 1 atom stereocenters. The summed E-state index contributed by atoms with van der Waals surface area (Å²) in [6, 6.07) is 0. The summed E-state index contributed by atoms with van der Waals surface area (Å²) < 4.78 is 13.0. The van der Waals surface area contributed by atoms with E-state index in [1.807, 2.05) is 0 Å². The fraction of sp³-hybridized carbons (Fsp3) is 0. The van der Waals surface area contributed by atoms with Gasteiger partial charge in [-0.25, -0.2) is 4.31 Å². The average Bonchev–Trinajstić information content (AvgIpc) is 1.27. The molecule has 0 aliphatic rings. The fourth-order valence-corrected chi connectivity index (χ4v) is 0.629. The van der Waals surface area contributed by atoms with Gasteiger partial charge in [0.05, 0.1) is 0 Å². The molecule has 0 radical (unpaired) electrons. The van der Waals surface area contributed by atoms with Crippen molar-refractivity contribution in [2.24, 2.45) is 0 Å². The van der Waals surface area contributed by atoms with Gasteiger partial charge < -0.3 is 14.7 Å². The van der Waals surface area contributed by atoms with Gasteiger partial charge in [-0.1, -0.05) is 0 Å². The van der Waals surface area contributed by atoms with Crippen LogP contribution in [0.15, 0.2) is 0 Å². The standard InChI is InChI=1S/H4O5P2.Zr/c1-6(2)5-7(3)4;/h1-2,7H,(H,3,4);. The van der Waals surface area contributed by atoms with Crippen LogP contribution < -0.4 is 0 Å². The number of rotatable bonds is 2. The van der Waals surface area contributed by atoms with Gasteiger partial charge in [0.25, 0.3) is 0 Å². The Morgan fingerprint density at radius 3 is 1.88 bits per heavy atom. The Labute approximate surface area is 66.8 Å². The Bertz CT molecular complexity index is 70.8. The van der Waals surface area contributed by atoms with Crippen molar-refractivity contribution in [2.75, 3.05) is 0 Å². The smallest absolute Gasteiger partial charge is 0.328 e. The quantitative estimate of drug-likeness (QED) is 0.568. The maximum absolute atomic E-state index is 9.47. The summed E-state index contributed by atoms with van der Waals surface area (Å²) in [5.74, 6) is 0. The summed E-state index contributed by atoms with van der Waals surface area (Å²) in [6.45, 7) is 0. The van der Waals surface area contributed by atoms with Crippen LogP contribution in [0, 0.1) is 0 Å². The van der Waals surface area contributed by atoms with E-state index >= 15 is 0 Å². The summed E-state index contributed by atoms with van der Waals surface area (Å²) in [5, 5.41) is 0. The van der Waals surface area contributed by atoms with Crippen molar-refractivity contribution in [3.05, 3.63) is 0 Å². The van der Waals surface area contributed by atoms with Crippen molar-refractivity contribution in [1.29, 1.82) is 0 Å². The average molecular weight is 237 g/mol. The van der Waals surface area contributed by atoms with Crippen LogP contribution in [0.5, 0.6) is 0 Å². The molecule has 0 aromatic heterocycles. The van der Waals surface area contributed by atoms with E-state index in [0.717, 1.165) is 0 Å². The summed E-state index contributed by atoms with van der Waals surface area (Å²) in [4.78, 5) is 23.3. The predicted octanol–water partition coefficient (Wildman–Crippen LogP) is -0.406. The summed E-state index contributed by atoms with van der Waals surface area (Å²) in [5.41, 5.74) is 0. The van der Waals surface area contributed by atoms with Gasteiger partial charge in [0.2, 0.25) is 0 Å². The Morgan fingerprint density at radius 1 is 1.50 bits per heavy atom. The third-order valence-electron chi connectivity index (χ3n) is 0.160. The van der Waals surface area contributed by atoms with Crippen LogP contribution >= 0.6 is 16.9 Å². The molecular formula is H4O5P2Zr. The molecule has 3 N–H and O–H groups in total. The Kier molecular flexibility index (Phi) is 9.83. The van der Waals surface area contributed by atoms with Gasteiger partial charge in [0.1, 0.15) is 0 Å². The van der Waals surface area contributed by atoms with Crippen LogP contribution in [-0.2, 0) is 35.1 Å². The number of hydrogen-bond donors (Lipinski definition) is 3. The van der Waals surface area contributed by atoms with Crippen molar-refractivity contribution in [2.45, 2.75) is 0 Å². The van der Waals surface area contributed by atoms with E-state index in [1.165, 1.54) is 0 Å². The first-order chi connectivity index (χ1) is 3.13. The largest absolute Gasteiger partial charge is 0.334 e. The molecule has 0 fully saturated rings. The Hall–Kier alpha value is 1.38. The molecule has 0 heterocycles. The molecule has 0 saturated heterocycles. The second-order valence-corrected chi connectivity index (χ2v) is 2.38. The van der Waals surface area contributed by atoms with Crippen LogP contribution in [0.3, 0.4) is 0 Å². The zero-order valence-electron chi connectivity index (χ0n) is 3.61. The molecular weight excluding hydrogens is 233 g/mol. The minimum Gasteiger partial charge on any atom is -0.328 e. The van der Waals surface area contributed by atoms with Gasteiger partial charge in [-0.05, 0) is 0 Å². The first-order valence-corrected chi connectivity index (χ1v) is 3.64. The molecule has 0 amide bonds. The second-order valence-electron chi connectivity index (χ2n) is 0.610. The van der Waals surface area contributed by atoms with Crippen molar-refractivity contribution in [1.82, 2.24) is 0 Å². The first kappa shape index (κ1) is 12.1. The molecule has 0 bridgehead atoms. The minimum atomic E-state index is -3.16. The molecule has 0 aliphatic heterocycles. The molecule has 0 aliphatic carbocycles. The molecule has 0 rings (SSSR count). The fourth-order valence-electron chi connectivity index (χ4n) is 0.0698. The van der Waals surface area contributed by atoms with Gasteiger partial charge >= 0.3 is 16.9 Å². The van der Waals surface area contributed by atoms with Crippen LogP contribution in [0.2, 0.25) is 0 Å². The van der Waals surface area contributed by atoms with Crippen molar-refractivity contribution in [3.63, 3.8) is 0 Å². The molecule has 8 heavy (non-hydrogen) atoms. The zero-order valence-corrected chi connectivity index (χ0v) is 7.96. The SMILES string of the molecule is O=[PH](O)OP(O)O.[Zr]. The van der Waals surface area contributed by atoms with Crippen LogP contribution in [0.4, 0.5) is 0 Å². The molecule has 0 spiro atoms. The Morgan fingerprint density at radius 2 is 1.88 bits per heavy atom. The maximum Gasteiger partial charge on any atom is 0.334 e. The van der Waals surface area contributed by atoms with Gasteiger partial charge in [0.15, 0.2) is 0 Å². The van der Waals surface area contributed by atoms with Gasteiger partial charge in [-0.2, -0.15) is 0 Å². The predicted molar refractivity (Wildman–Crippen MR) is 23.7 cm³/mol. The Balaban J connectivity index is 0. The molecule has 8 heteroatoms. The summed E-state index contributed by atoms with van der Waals surface area (Å²) in [7, 11) is -5.81. The molecule has 1 unspecified atom stereocenters. The van der Waals surface area contributed by atoms with E-state index in [2.05, 4.69) is 4.31 Å². The minimum absolute atomic E-state index is 0. The molecule has 48 valence electrons. The van der Waals surface area contributed by atoms with E-state index < -0.39 is 16.9 Å². The molecule has 5 nitrogen and oxygen atoms in total. The van der Waals surface area contributed by atoms with E-state index in [0.29, 0.717) is 0 Å². The molecule has 0 saturated carbocycles. The van der Waals surface area contributed by atoms with Gasteiger partial charge in [0, 0.05) is 26.2 Å². The van der Waals surface area contributed by atoms with Gasteiger partial charge in [-0.15, -0.1) is 0 Å². The summed E-state index contributed by atoms with van der Waals surface area (Å²) >= 11 is 0. The van der Waals surface area contributed by atoms with E-state index in [-0.39, 0.29) is 26.2 Å². The maximum atomic E-state index is 9.47. The third-order valence-corrected chi connectivity index (χ3v) is 1.44. The van der Waals surface area contributed by atoms with E-state index in [9.17, 15) is 4.57 Å². The first-order valence-electron chi connectivity index (χ1n) is 1.21. The van der Waals surface area contributed by atoms with Crippen molar-refractivity contribution in [3.8, 4) is 0 Å². The van der Waals surface area contributed by atoms with E-state index in [4.69, 9.17) is 14.7 Å². The van der Waals surface area contributed by atoms with Crippen LogP contribution in [-0.4, -0.2) is 14.7 Å². The van der Waals surface area contributed by atoms with Crippen LogP contribution in [0.25, 0.3) is 0 Å². The normalized spacial score (nSPS) is 13.0. The van der Waals surface area contributed by atoms with Crippen molar-refractivity contribution >= 4 is 16.9 Å². The molecule has 0 aromatic rings. The van der Waals surface area contributed by atoms with Crippen LogP contribution in [0.1, 0.15) is 0 Å². The third kappa shape index (κ3) is 10.4. The topological polar surface area (TPSA) is 87.0 Å². The van der Waals surface area contributed by atoms with Crippen molar-refractivity contribution < 1.29 is 49.8 Å². The zero-order chi connectivity index (χ0) is 5.86. The number of hydrogen-bond acceptors (Lipinski definition) is 4. The van der Waals surface area contributed by atoms with E-state index in [1.54, 1.807) is 0 Å².